The average Bonchev–Trinajstić information content (AvgIpc) is 2.28. The van der Waals surface area contributed by atoms with Crippen LogP contribution < -0.4 is 5.32 Å². The lowest BCUT2D eigenvalue weighted by Crippen LogP contribution is -2.62. The van der Waals surface area contributed by atoms with E-state index in [0.29, 0.717) is 12.1 Å². The molecular formula is C16H32N2O2. The van der Waals surface area contributed by atoms with Crippen LogP contribution in [0.3, 0.4) is 0 Å². The second-order valence-corrected chi connectivity index (χ2v) is 7.10. The van der Waals surface area contributed by atoms with E-state index in [2.05, 4.69) is 26.1 Å². The fourth-order valence-electron chi connectivity index (χ4n) is 2.40. The molecule has 20 heavy (non-hydrogen) atoms. The first-order valence-electron chi connectivity index (χ1n) is 7.99. The molecule has 2 atom stereocenters. The van der Waals surface area contributed by atoms with Gasteiger partial charge in [0, 0.05) is 25.2 Å². The average molecular weight is 284 g/mol. The van der Waals surface area contributed by atoms with E-state index < -0.39 is 5.60 Å². The van der Waals surface area contributed by atoms with Crippen molar-refractivity contribution >= 4 is 6.09 Å². The molecule has 4 nitrogen and oxygen atoms in total. The SMILES string of the molecule is CCC(C)CC(CC)NC1CN(C(=O)OC(C)(C)C)C1. The zero-order valence-electron chi connectivity index (χ0n) is 14.0. The van der Waals surface area contributed by atoms with E-state index in [4.69, 9.17) is 4.74 Å². The summed E-state index contributed by atoms with van der Waals surface area (Å²) in [6.45, 7) is 14.0. The first-order valence-corrected chi connectivity index (χ1v) is 7.99. The third kappa shape index (κ3) is 5.70. The van der Waals surface area contributed by atoms with Crippen molar-refractivity contribution in [2.45, 2.75) is 78.5 Å². The number of hydrogen-bond acceptors (Lipinski definition) is 3. The Morgan fingerprint density at radius 1 is 1.30 bits per heavy atom. The Bertz CT molecular complexity index is 306. The lowest BCUT2D eigenvalue weighted by Gasteiger charge is -2.42. The third-order valence-electron chi connectivity index (χ3n) is 3.88. The summed E-state index contributed by atoms with van der Waals surface area (Å²) in [5.74, 6) is 0.759. The molecule has 4 heteroatoms. The summed E-state index contributed by atoms with van der Waals surface area (Å²) in [5.41, 5.74) is -0.405. The van der Waals surface area contributed by atoms with E-state index in [1.165, 1.54) is 12.8 Å². The van der Waals surface area contributed by atoms with Crippen molar-refractivity contribution in [3.63, 3.8) is 0 Å². The molecule has 1 amide bonds. The fourth-order valence-corrected chi connectivity index (χ4v) is 2.40. The highest BCUT2D eigenvalue weighted by Crippen LogP contribution is 2.18. The summed E-state index contributed by atoms with van der Waals surface area (Å²) in [4.78, 5) is 13.6. The Labute approximate surface area is 124 Å². The molecular weight excluding hydrogens is 252 g/mol. The number of amides is 1. The molecule has 1 aliphatic rings. The van der Waals surface area contributed by atoms with Crippen LogP contribution in [0.15, 0.2) is 0 Å². The zero-order valence-corrected chi connectivity index (χ0v) is 14.0. The van der Waals surface area contributed by atoms with Crippen molar-refractivity contribution in [2.75, 3.05) is 13.1 Å². The molecule has 0 spiro atoms. The minimum Gasteiger partial charge on any atom is -0.444 e. The Morgan fingerprint density at radius 2 is 1.90 bits per heavy atom. The van der Waals surface area contributed by atoms with Gasteiger partial charge in [0.05, 0.1) is 0 Å². The number of likely N-dealkylation sites (tertiary alicyclic amines) is 1. The van der Waals surface area contributed by atoms with Crippen molar-refractivity contribution < 1.29 is 9.53 Å². The molecule has 1 heterocycles. The Kier molecular flexibility index (Phi) is 6.31. The standard InChI is InChI=1S/C16H32N2O2/c1-7-12(3)9-13(8-2)17-14-10-18(11-14)15(19)20-16(4,5)6/h12-14,17H,7-11H2,1-6H3. The molecule has 1 rings (SSSR count). The van der Waals surface area contributed by atoms with Gasteiger partial charge in [-0.15, -0.1) is 0 Å². The number of rotatable bonds is 6. The lowest BCUT2D eigenvalue weighted by molar-refractivity contribution is 0.00380. The van der Waals surface area contributed by atoms with Gasteiger partial charge in [-0.25, -0.2) is 4.79 Å². The molecule has 2 unspecified atom stereocenters. The second-order valence-electron chi connectivity index (χ2n) is 7.10. The zero-order chi connectivity index (χ0) is 15.3. The fraction of sp³-hybridized carbons (Fsp3) is 0.938. The summed E-state index contributed by atoms with van der Waals surface area (Å²) in [6.07, 6.45) is 3.40. The lowest BCUT2D eigenvalue weighted by atomic mass is 9.96. The molecule has 0 aromatic carbocycles. The quantitative estimate of drug-likeness (QED) is 0.812. The second kappa shape index (κ2) is 7.30. The van der Waals surface area contributed by atoms with Crippen molar-refractivity contribution in [1.82, 2.24) is 10.2 Å². The largest absolute Gasteiger partial charge is 0.444 e. The summed E-state index contributed by atoms with van der Waals surface area (Å²) in [7, 11) is 0. The summed E-state index contributed by atoms with van der Waals surface area (Å²) < 4.78 is 5.36. The first kappa shape index (κ1) is 17.3. The number of carbonyl (C=O) groups excluding carboxylic acids is 1. The van der Waals surface area contributed by atoms with Gasteiger partial charge in [-0.1, -0.05) is 27.2 Å². The van der Waals surface area contributed by atoms with Gasteiger partial charge < -0.3 is 15.0 Å². The summed E-state index contributed by atoms with van der Waals surface area (Å²) >= 11 is 0. The third-order valence-corrected chi connectivity index (χ3v) is 3.88. The molecule has 0 aromatic heterocycles. The van der Waals surface area contributed by atoms with Crippen molar-refractivity contribution in [3.05, 3.63) is 0 Å². The van der Waals surface area contributed by atoms with Crippen molar-refractivity contribution in [3.8, 4) is 0 Å². The highest BCUT2D eigenvalue weighted by atomic mass is 16.6. The van der Waals surface area contributed by atoms with Crippen molar-refractivity contribution in [1.29, 1.82) is 0 Å². The van der Waals surface area contributed by atoms with Crippen LogP contribution in [-0.2, 0) is 4.74 Å². The highest BCUT2D eigenvalue weighted by Gasteiger charge is 2.34. The minimum atomic E-state index is -0.405. The van der Waals surface area contributed by atoms with Gasteiger partial charge in [-0.2, -0.15) is 0 Å². The van der Waals surface area contributed by atoms with Gasteiger partial charge in [0.2, 0.25) is 0 Å². The van der Waals surface area contributed by atoms with Crippen LogP contribution in [0.2, 0.25) is 0 Å². The van der Waals surface area contributed by atoms with E-state index >= 15 is 0 Å². The predicted molar refractivity (Wildman–Crippen MR) is 82.9 cm³/mol. The smallest absolute Gasteiger partial charge is 0.410 e. The normalized spacial score (nSPS) is 19.4. The number of nitrogens with one attached hydrogen (secondary N) is 1. The van der Waals surface area contributed by atoms with E-state index in [9.17, 15) is 4.79 Å². The van der Waals surface area contributed by atoms with Gasteiger partial charge in [-0.05, 0) is 39.5 Å². The van der Waals surface area contributed by atoms with Crippen LogP contribution in [0.4, 0.5) is 4.79 Å². The molecule has 1 fully saturated rings. The molecule has 1 aliphatic heterocycles. The number of ether oxygens (including phenoxy) is 1. The van der Waals surface area contributed by atoms with E-state index in [-0.39, 0.29) is 6.09 Å². The van der Waals surface area contributed by atoms with Crippen molar-refractivity contribution in [2.24, 2.45) is 5.92 Å². The topological polar surface area (TPSA) is 41.6 Å². The molecule has 118 valence electrons. The highest BCUT2D eigenvalue weighted by molar-refractivity contribution is 5.69. The maximum Gasteiger partial charge on any atom is 0.410 e. The number of hydrogen-bond donors (Lipinski definition) is 1. The number of carbonyl (C=O) groups is 1. The summed E-state index contributed by atoms with van der Waals surface area (Å²) in [6, 6.07) is 0.993. The van der Waals surface area contributed by atoms with Gasteiger partial charge in [0.25, 0.3) is 0 Å². The van der Waals surface area contributed by atoms with Gasteiger partial charge in [0.1, 0.15) is 5.60 Å². The first-order chi connectivity index (χ1) is 9.25. The minimum absolute atomic E-state index is 0.189. The molecule has 1 saturated heterocycles. The molecule has 0 aromatic rings. The molecule has 1 N–H and O–H groups in total. The van der Waals surface area contributed by atoms with Crippen LogP contribution in [0.25, 0.3) is 0 Å². The summed E-state index contributed by atoms with van der Waals surface area (Å²) in [5, 5.41) is 3.67. The molecule has 0 radical (unpaired) electrons. The monoisotopic (exact) mass is 284 g/mol. The van der Waals surface area contributed by atoms with Crippen LogP contribution in [0, 0.1) is 5.92 Å². The van der Waals surface area contributed by atoms with Gasteiger partial charge >= 0.3 is 6.09 Å². The Balaban J connectivity index is 2.28. The number of nitrogens with zero attached hydrogens (tertiary/aromatic N) is 1. The van der Waals surface area contributed by atoms with Crippen LogP contribution in [-0.4, -0.2) is 41.8 Å². The van der Waals surface area contributed by atoms with Crippen LogP contribution in [0.1, 0.15) is 60.8 Å². The predicted octanol–water partition coefficient (Wildman–Crippen LogP) is 3.41. The van der Waals surface area contributed by atoms with Crippen LogP contribution >= 0.6 is 0 Å². The van der Waals surface area contributed by atoms with E-state index in [1.807, 2.05) is 20.8 Å². The molecule has 0 saturated carbocycles. The van der Waals surface area contributed by atoms with Gasteiger partial charge in [0.15, 0.2) is 0 Å². The Hall–Kier alpha value is -0.770. The van der Waals surface area contributed by atoms with E-state index in [1.54, 1.807) is 4.90 Å². The van der Waals surface area contributed by atoms with Crippen LogP contribution in [0.5, 0.6) is 0 Å². The van der Waals surface area contributed by atoms with Gasteiger partial charge in [-0.3, -0.25) is 0 Å². The molecule has 0 bridgehead atoms. The van der Waals surface area contributed by atoms with E-state index in [0.717, 1.165) is 25.4 Å². The maximum atomic E-state index is 11.8. The maximum absolute atomic E-state index is 11.8. The molecule has 0 aliphatic carbocycles. The Morgan fingerprint density at radius 3 is 2.35 bits per heavy atom.